The number of benzene rings is 2. The number of methoxy groups -OCH3 is 1. The fourth-order valence-electron chi connectivity index (χ4n) is 2.70. The summed E-state index contributed by atoms with van der Waals surface area (Å²) in [5, 5.41) is 7.31. The molecular formula is C22H25N3O3. The van der Waals surface area contributed by atoms with Gasteiger partial charge in [0.15, 0.2) is 0 Å². The smallest absolute Gasteiger partial charge is 0.220 e. The SMILES string of the molecule is COCCOc1ccc(CNC(=O)CCc2cnn(-c3ccccc3)c2)cc1. The lowest BCUT2D eigenvalue weighted by Gasteiger charge is -2.08. The molecule has 1 N–H and O–H groups in total. The zero-order chi connectivity index (χ0) is 19.6. The molecule has 0 aliphatic carbocycles. The van der Waals surface area contributed by atoms with Crippen LogP contribution in [0, 0.1) is 0 Å². The topological polar surface area (TPSA) is 65.4 Å². The van der Waals surface area contributed by atoms with Gasteiger partial charge in [0, 0.05) is 26.3 Å². The zero-order valence-corrected chi connectivity index (χ0v) is 16.0. The summed E-state index contributed by atoms with van der Waals surface area (Å²) in [4.78, 5) is 12.1. The van der Waals surface area contributed by atoms with Crippen molar-refractivity contribution in [3.05, 3.63) is 78.1 Å². The summed E-state index contributed by atoms with van der Waals surface area (Å²) in [7, 11) is 1.64. The van der Waals surface area contributed by atoms with E-state index in [1.807, 2.05) is 71.7 Å². The molecule has 146 valence electrons. The van der Waals surface area contributed by atoms with Crippen LogP contribution in [0.3, 0.4) is 0 Å². The summed E-state index contributed by atoms with van der Waals surface area (Å²) in [6, 6.07) is 17.6. The third-order valence-electron chi connectivity index (χ3n) is 4.27. The molecule has 0 saturated heterocycles. The van der Waals surface area contributed by atoms with E-state index < -0.39 is 0 Å². The fraction of sp³-hybridized carbons (Fsp3) is 0.273. The first-order valence-corrected chi connectivity index (χ1v) is 9.31. The Morgan fingerprint density at radius 1 is 1.04 bits per heavy atom. The first-order valence-electron chi connectivity index (χ1n) is 9.31. The predicted molar refractivity (Wildman–Crippen MR) is 108 cm³/mol. The van der Waals surface area contributed by atoms with Crippen molar-refractivity contribution in [1.82, 2.24) is 15.1 Å². The van der Waals surface area contributed by atoms with Crippen molar-refractivity contribution >= 4 is 5.91 Å². The second-order valence-electron chi connectivity index (χ2n) is 6.39. The van der Waals surface area contributed by atoms with E-state index in [2.05, 4.69) is 10.4 Å². The molecule has 1 heterocycles. The minimum atomic E-state index is 0.0212. The number of para-hydroxylation sites is 1. The fourth-order valence-corrected chi connectivity index (χ4v) is 2.70. The molecule has 28 heavy (non-hydrogen) atoms. The van der Waals surface area contributed by atoms with Crippen LogP contribution in [-0.2, 0) is 22.5 Å². The van der Waals surface area contributed by atoms with Crippen LogP contribution in [0.15, 0.2) is 67.0 Å². The maximum atomic E-state index is 12.1. The second kappa shape index (κ2) is 10.3. The Hall–Kier alpha value is -3.12. The molecule has 3 aromatic rings. The number of hydrogen-bond donors (Lipinski definition) is 1. The van der Waals surface area contributed by atoms with Gasteiger partial charge in [-0.2, -0.15) is 5.10 Å². The maximum absolute atomic E-state index is 12.1. The minimum absolute atomic E-state index is 0.0212. The van der Waals surface area contributed by atoms with Crippen molar-refractivity contribution in [3.8, 4) is 11.4 Å². The van der Waals surface area contributed by atoms with Crippen molar-refractivity contribution in [2.75, 3.05) is 20.3 Å². The number of amides is 1. The normalized spacial score (nSPS) is 10.6. The maximum Gasteiger partial charge on any atom is 0.220 e. The molecule has 1 aromatic heterocycles. The number of nitrogens with zero attached hydrogens (tertiary/aromatic N) is 2. The van der Waals surface area contributed by atoms with Crippen molar-refractivity contribution in [3.63, 3.8) is 0 Å². The van der Waals surface area contributed by atoms with E-state index in [-0.39, 0.29) is 5.91 Å². The van der Waals surface area contributed by atoms with Gasteiger partial charge in [-0.3, -0.25) is 4.79 Å². The van der Waals surface area contributed by atoms with Crippen LogP contribution in [-0.4, -0.2) is 36.0 Å². The minimum Gasteiger partial charge on any atom is -0.491 e. The molecule has 6 nitrogen and oxygen atoms in total. The standard InChI is InChI=1S/C22H25N3O3/c1-27-13-14-28-21-10-7-18(8-11-21)15-23-22(26)12-9-19-16-24-25(17-19)20-5-3-2-4-6-20/h2-8,10-11,16-17H,9,12-15H2,1H3,(H,23,26). The lowest BCUT2D eigenvalue weighted by atomic mass is 10.2. The zero-order valence-electron chi connectivity index (χ0n) is 16.0. The molecule has 0 saturated carbocycles. The van der Waals surface area contributed by atoms with Crippen LogP contribution in [0.2, 0.25) is 0 Å². The average molecular weight is 379 g/mol. The lowest BCUT2D eigenvalue weighted by molar-refractivity contribution is -0.121. The summed E-state index contributed by atoms with van der Waals surface area (Å²) in [6.45, 7) is 1.58. The molecule has 0 aliphatic heterocycles. The Balaban J connectivity index is 1.41. The largest absolute Gasteiger partial charge is 0.491 e. The van der Waals surface area contributed by atoms with E-state index in [0.717, 1.165) is 22.6 Å². The molecule has 0 radical (unpaired) electrons. The highest BCUT2D eigenvalue weighted by Gasteiger charge is 2.05. The number of aromatic nitrogens is 2. The molecule has 2 aromatic carbocycles. The summed E-state index contributed by atoms with van der Waals surface area (Å²) in [5.74, 6) is 0.815. The highest BCUT2D eigenvalue weighted by Crippen LogP contribution is 2.12. The number of carbonyl (C=O) groups excluding carboxylic acids is 1. The quantitative estimate of drug-likeness (QED) is 0.550. The number of ether oxygens (including phenoxy) is 2. The number of carbonyl (C=O) groups is 1. The van der Waals surface area contributed by atoms with Gasteiger partial charge in [-0.15, -0.1) is 0 Å². The van der Waals surface area contributed by atoms with Gasteiger partial charge >= 0.3 is 0 Å². The molecule has 0 unspecified atom stereocenters. The van der Waals surface area contributed by atoms with E-state index in [9.17, 15) is 4.79 Å². The van der Waals surface area contributed by atoms with E-state index >= 15 is 0 Å². The van der Waals surface area contributed by atoms with Crippen LogP contribution in [0.25, 0.3) is 5.69 Å². The summed E-state index contributed by atoms with van der Waals surface area (Å²) in [5.41, 5.74) is 3.08. The van der Waals surface area contributed by atoms with Gasteiger partial charge in [0.1, 0.15) is 12.4 Å². The molecule has 3 rings (SSSR count). The summed E-state index contributed by atoms with van der Waals surface area (Å²) < 4.78 is 12.3. The number of aryl methyl sites for hydroxylation is 1. The predicted octanol–water partition coefficient (Wildman–Crippen LogP) is 3.15. The monoisotopic (exact) mass is 379 g/mol. The van der Waals surface area contributed by atoms with Crippen LogP contribution in [0.4, 0.5) is 0 Å². The van der Waals surface area contributed by atoms with E-state index in [0.29, 0.717) is 32.6 Å². The first kappa shape index (κ1) is 19.6. The van der Waals surface area contributed by atoms with Gasteiger partial charge in [0.25, 0.3) is 0 Å². The summed E-state index contributed by atoms with van der Waals surface area (Å²) >= 11 is 0. The molecule has 1 amide bonds. The van der Waals surface area contributed by atoms with Crippen LogP contribution >= 0.6 is 0 Å². The Bertz CT molecular complexity index is 860. The van der Waals surface area contributed by atoms with Crippen molar-refractivity contribution in [2.24, 2.45) is 0 Å². The highest BCUT2D eigenvalue weighted by atomic mass is 16.5. The van der Waals surface area contributed by atoms with Crippen molar-refractivity contribution in [1.29, 1.82) is 0 Å². The molecule has 6 heteroatoms. The van der Waals surface area contributed by atoms with Crippen LogP contribution < -0.4 is 10.1 Å². The van der Waals surface area contributed by atoms with Gasteiger partial charge in [-0.1, -0.05) is 30.3 Å². The Labute approximate surface area is 165 Å². The molecular weight excluding hydrogens is 354 g/mol. The first-order chi connectivity index (χ1) is 13.7. The number of nitrogens with one attached hydrogen (secondary N) is 1. The highest BCUT2D eigenvalue weighted by molar-refractivity contribution is 5.76. The molecule has 0 aliphatic rings. The lowest BCUT2D eigenvalue weighted by Crippen LogP contribution is -2.22. The number of rotatable bonds is 10. The van der Waals surface area contributed by atoms with Gasteiger partial charge in [-0.05, 0) is 41.8 Å². The Morgan fingerprint density at radius 3 is 2.57 bits per heavy atom. The molecule has 0 spiro atoms. The van der Waals surface area contributed by atoms with Crippen molar-refractivity contribution < 1.29 is 14.3 Å². The van der Waals surface area contributed by atoms with E-state index in [4.69, 9.17) is 9.47 Å². The van der Waals surface area contributed by atoms with E-state index in [1.165, 1.54) is 0 Å². The Morgan fingerprint density at radius 2 is 1.82 bits per heavy atom. The second-order valence-corrected chi connectivity index (χ2v) is 6.39. The molecule has 0 bridgehead atoms. The number of hydrogen-bond acceptors (Lipinski definition) is 4. The van der Waals surface area contributed by atoms with Gasteiger partial charge in [0.05, 0.1) is 18.5 Å². The van der Waals surface area contributed by atoms with E-state index in [1.54, 1.807) is 7.11 Å². The molecule has 0 fully saturated rings. The van der Waals surface area contributed by atoms with Crippen LogP contribution in [0.5, 0.6) is 5.75 Å². The van der Waals surface area contributed by atoms with Gasteiger partial charge in [0.2, 0.25) is 5.91 Å². The van der Waals surface area contributed by atoms with Crippen molar-refractivity contribution in [2.45, 2.75) is 19.4 Å². The van der Waals surface area contributed by atoms with Crippen LogP contribution in [0.1, 0.15) is 17.5 Å². The average Bonchev–Trinajstić information content (AvgIpc) is 3.22. The Kier molecular flexibility index (Phi) is 7.21. The molecule has 0 atom stereocenters. The van der Waals surface area contributed by atoms with Gasteiger partial charge in [-0.25, -0.2) is 4.68 Å². The third-order valence-corrected chi connectivity index (χ3v) is 4.27. The van der Waals surface area contributed by atoms with Gasteiger partial charge < -0.3 is 14.8 Å². The third kappa shape index (κ3) is 5.96. The summed E-state index contributed by atoms with van der Waals surface area (Å²) in [6.07, 6.45) is 4.86.